The van der Waals surface area contributed by atoms with E-state index in [0.717, 1.165) is 6.07 Å². The third-order valence-electron chi connectivity index (χ3n) is 5.55. The van der Waals surface area contributed by atoms with E-state index in [4.69, 9.17) is 14.2 Å². The molecule has 0 saturated carbocycles. The summed E-state index contributed by atoms with van der Waals surface area (Å²) in [5.74, 6) is -0.110. The first-order valence-corrected chi connectivity index (χ1v) is 9.75. The third kappa shape index (κ3) is 4.13. The minimum atomic E-state index is -1.61. The van der Waals surface area contributed by atoms with Crippen molar-refractivity contribution in [2.45, 2.75) is 49.3 Å². The summed E-state index contributed by atoms with van der Waals surface area (Å²) in [6.07, 6.45) is -8.80. The van der Waals surface area contributed by atoms with Crippen molar-refractivity contribution in [1.29, 1.82) is 0 Å². The molecule has 0 aliphatic carbocycles. The van der Waals surface area contributed by atoms with Crippen LogP contribution in [0.5, 0.6) is 23.0 Å². The molecule has 1 saturated heterocycles. The number of aliphatic hydroxyl groups is 4. The van der Waals surface area contributed by atoms with Crippen molar-refractivity contribution < 1.29 is 50.0 Å². The van der Waals surface area contributed by atoms with E-state index >= 15 is 0 Å². The Hall–Kier alpha value is -2.60. The molecular weight excluding hydrogens is 412 g/mol. The van der Waals surface area contributed by atoms with E-state index in [0.29, 0.717) is 11.1 Å². The standard InChI is InChI=1S/C21H24O10/c22-8-16-17(26)18(27)19(28)21(31-16)30-15-7-12-13(25)5-11(24)6-14(12)29-20(15)9-1-3-10(23)4-2-9/h1-6,15-28H,7-8H2/t15-,16-,17-,18-,19-,20-,21-/m1/s1. The van der Waals surface area contributed by atoms with Gasteiger partial charge in [-0.2, -0.15) is 0 Å². The molecule has 0 unspecified atom stereocenters. The maximum absolute atomic E-state index is 10.3. The van der Waals surface area contributed by atoms with Gasteiger partial charge >= 0.3 is 0 Å². The minimum Gasteiger partial charge on any atom is -0.508 e. The fourth-order valence-corrected chi connectivity index (χ4v) is 3.87. The van der Waals surface area contributed by atoms with E-state index in [1.165, 1.54) is 18.2 Å². The summed E-state index contributed by atoms with van der Waals surface area (Å²) in [7, 11) is 0. The van der Waals surface area contributed by atoms with Gasteiger partial charge in [0.15, 0.2) is 12.4 Å². The van der Waals surface area contributed by atoms with Gasteiger partial charge in [0.1, 0.15) is 53.5 Å². The Bertz CT molecular complexity index is 915. The molecule has 4 rings (SSSR count). The summed E-state index contributed by atoms with van der Waals surface area (Å²) in [6.45, 7) is -0.601. The fourth-order valence-electron chi connectivity index (χ4n) is 3.87. The molecule has 31 heavy (non-hydrogen) atoms. The molecule has 7 atom stereocenters. The van der Waals surface area contributed by atoms with Crippen molar-refractivity contribution >= 4 is 0 Å². The molecule has 0 spiro atoms. The highest BCUT2D eigenvalue weighted by atomic mass is 16.7. The van der Waals surface area contributed by atoms with Crippen molar-refractivity contribution in [3.63, 3.8) is 0 Å². The summed E-state index contributed by atoms with van der Waals surface area (Å²) in [5, 5.41) is 69.4. The number of aromatic hydroxyl groups is 3. The van der Waals surface area contributed by atoms with E-state index < -0.39 is 49.5 Å². The highest BCUT2D eigenvalue weighted by Crippen LogP contribution is 2.43. The minimum absolute atomic E-state index is 0.0432. The molecular formula is C21H24O10. The van der Waals surface area contributed by atoms with Gasteiger partial charge in [-0.25, -0.2) is 0 Å². The smallest absolute Gasteiger partial charge is 0.187 e. The lowest BCUT2D eigenvalue weighted by Crippen LogP contribution is -2.60. The van der Waals surface area contributed by atoms with Crippen molar-refractivity contribution in [3.8, 4) is 23.0 Å². The van der Waals surface area contributed by atoms with Crippen LogP contribution in [0.25, 0.3) is 0 Å². The highest BCUT2D eigenvalue weighted by Gasteiger charge is 2.46. The Morgan fingerprint density at radius 2 is 1.61 bits per heavy atom. The molecule has 2 aliphatic heterocycles. The fraction of sp³-hybridized carbons (Fsp3) is 0.429. The number of benzene rings is 2. The van der Waals surface area contributed by atoms with E-state index in [1.54, 1.807) is 12.1 Å². The van der Waals surface area contributed by atoms with Gasteiger partial charge < -0.3 is 50.0 Å². The maximum Gasteiger partial charge on any atom is 0.187 e. The first-order chi connectivity index (χ1) is 14.8. The van der Waals surface area contributed by atoms with Crippen LogP contribution in [-0.4, -0.2) is 79.2 Å². The lowest BCUT2D eigenvalue weighted by Gasteiger charge is -2.43. The average Bonchev–Trinajstić information content (AvgIpc) is 2.74. The predicted octanol–water partition coefficient (Wildman–Crippen LogP) is -0.335. The molecule has 10 nitrogen and oxygen atoms in total. The summed E-state index contributed by atoms with van der Waals surface area (Å²) in [4.78, 5) is 0. The number of phenols is 3. The van der Waals surface area contributed by atoms with Crippen LogP contribution in [0.2, 0.25) is 0 Å². The Balaban J connectivity index is 1.66. The molecule has 168 valence electrons. The maximum atomic E-state index is 10.3. The monoisotopic (exact) mass is 436 g/mol. The normalized spacial score (nSPS) is 32.8. The van der Waals surface area contributed by atoms with E-state index in [-0.39, 0.29) is 29.4 Å². The van der Waals surface area contributed by atoms with Gasteiger partial charge in [-0.1, -0.05) is 12.1 Å². The van der Waals surface area contributed by atoms with Gasteiger partial charge in [0, 0.05) is 24.1 Å². The molecule has 7 N–H and O–H groups in total. The van der Waals surface area contributed by atoms with Gasteiger partial charge in [-0.3, -0.25) is 0 Å². The second-order valence-corrected chi connectivity index (χ2v) is 7.65. The predicted molar refractivity (Wildman–Crippen MR) is 104 cm³/mol. The Labute approximate surface area is 177 Å². The molecule has 2 aliphatic rings. The summed E-state index contributed by atoms with van der Waals surface area (Å²) in [5.41, 5.74) is 0.961. The van der Waals surface area contributed by atoms with Crippen molar-refractivity contribution in [1.82, 2.24) is 0 Å². The number of hydrogen-bond donors (Lipinski definition) is 7. The van der Waals surface area contributed by atoms with Crippen LogP contribution < -0.4 is 4.74 Å². The van der Waals surface area contributed by atoms with Crippen molar-refractivity contribution in [2.75, 3.05) is 6.61 Å². The topological polar surface area (TPSA) is 169 Å². The molecule has 10 heteroatoms. The van der Waals surface area contributed by atoms with Gasteiger partial charge in [0.2, 0.25) is 0 Å². The molecule has 0 bridgehead atoms. The first kappa shape index (κ1) is 21.6. The number of phenolic OH excluding ortho intramolecular Hbond substituents is 3. The van der Waals surface area contributed by atoms with Gasteiger partial charge in [-0.15, -0.1) is 0 Å². The quantitative estimate of drug-likeness (QED) is 0.337. The lowest BCUT2D eigenvalue weighted by molar-refractivity contribution is -0.317. The molecule has 0 amide bonds. The SMILES string of the molecule is OC[C@H]1O[C@@H](O[C@@H]2Cc3c(O)cc(O)cc3O[C@@H]2c2ccc(O)cc2)[C@H](O)[C@H](O)[C@@H]1O. The van der Waals surface area contributed by atoms with Crippen LogP contribution in [0.1, 0.15) is 17.2 Å². The van der Waals surface area contributed by atoms with Crippen molar-refractivity contribution in [3.05, 3.63) is 47.5 Å². The van der Waals surface area contributed by atoms with Gasteiger partial charge in [0.05, 0.1) is 6.61 Å². The molecule has 0 radical (unpaired) electrons. The zero-order chi connectivity index (χ0) is 22.3. The summed E-state index contributed by atoms with van der Waals surface area (Å²) < 4.78 is 17.3. The Morgan fingerprint density at radius 3 is 2.29 bits per heavy atom. The molecule has 2 aromatic rings. The van der Waals surface area contributed by atoms with Gasteiger partial charge in [-0.05, 0) is 17.7 Å². The van der Waals surface area contributed by atoms with E-state index in [9.17, 15) is 35.7 Å². The van der Waals surface area contributed by atoms with Crippen molar-refractivity contribution in [2.24, 2.45) is 0 Å². The average molecular weight is 436 g/mol. The van der Waals surface area contributed by atoms with Gasteiger partial charge in [0.25, 0.3) is 0 Å². The number of aliphatic hydroxyl groups excluding tert-OH is 4. The Morgan fingerprint density at radius 1 is 0.903 bits per heavy atom. The zero-order valence-corrected chi connectivity index (χ0v) is 16.3. The van der Waals surface area contributed by atoms with Crippen LogP contribution in [0.4, 0.5) is 0 Å². The first-order valence-electron chi connectivity index (χ1n) is 9.75. The molecule has 1 fully saturated rings. The van der Waals surface area contributed by atoms with Crippen LogP contribution in [0.3, 0.4) is 0 Å². The van der Waals surface area contributed by atoms with Crippen LogP contribution in [-0.2, 0) is 15.9 Å². The lowest BCUT2D eigenvalue weighted by atomic mass is 9.93. The third-order valence-corrected chi connectivity index (χ3v) is 5.55. The number of fused-ring (bicyclic) bond motifs is 1. The second-order valence-electron chi connectivity index (χ2n) is 7.65. The number of hydrogen-bond acceptors (Lipinski definition) is 10. The molecule has 2 aromatic carbocycles. The summed E-state index contributed by atoms with van der Waals surface area (Å²) >= 11 is 0. The van der Waals surface area contributed by atoms with Crippen LogP contribution >= 0.6 is 0 Å². The highest BCUT2D eigenvalue weighted by molar-refractivity contribution is 5.51. The molecule has 2 heterocycles. The van der Waals surface area contributed by atoms with E-state index in [1.807, 2.05) is 0 Å². The number of rotatable bonds is 4. The zero-order valence-electron chi connectivity index (χ0n) is 16.3. The van der Waals surface area contributed by atoms with Crippen LogP contribution in [0, 0.1) is 0 Å². The Kier molecular flexibility index (Phi) is 5.93. The summed E-state index contributed by atoms with van der Waals surface area (Å²) in [6, 6.07) is 8.65. The second kappa shape index (κ2) is 8.50. The number of ether oxygens (including phenoxy) is 3. The van der Waals surface area contributed by atoms with Crippen LogP contribution in [0.15, 0.2) is 36.4 Å². The largest absolute Gasteiger partial charge is 0.508 e. The van der Waals surface area contributed by atoms with E-state index in [2.05, 4.69) is 0 Å². The molecule has 0 aromatic heterocycles.